The molecule has 1 fully saturated rings. The average molecular weight is 244 g/mol. The number of aromatic nitrogens is 3. The second-order valence-corrected chi connectivity index (χ2v) is 4.51. The van der Waals surface area contributed by atoms with Crippen molar-refractivity contribution >= 4 is 5.91 Å². The van der Waals surface area contributed by atoms with Crippen LogP contribution in [0.25, 0.3) is 0 Å². The molecule has 0 unspecified atom stereocenters. The summed E-state index contributed by atoms with van der Waals surface area (Å²) in [5.74, 6) is -0.0507. The summed E-state index contributed by atoms with van der Waals surface area (Å²) in [6.07, 6.45) is 3.25. The molecule has 7 heteroatoms. The zero-order chi connectivity index (χ0) is 13.2. The van der Waals surface area contributed by atoms with E-state index in [0.29, 0.717) is 0 Å². The number of hydrogen-bond donors (Lipinski definition) is 1. The summed E-state index contributed by atoms with van der Waals surface area (Å²) < 4.78 is 1.28. The molecule has 1 aliphatic rings. The highest BCUT2D eigenvalue weighted by Crippen LogP contribution is 2.39. The van der Waals surface area contributed by atoms with Crippen LogP contribution in [0.5, 0.6) is 0 Å². The van der Waals surface area contributed by atoms with Crippen molar-refractivity contribution in [2.45, 2.75) is 31.8 Å². The van der Waals surface area contributed by atoms with Gasteiger partial charge in [-0.2, -0.15) is 10.5 Å². The van der Waals surface area contributed by atoms with Crippen LogP contribution in [0.4, 0.5) is 0 Å². The third-order valence-electron chi connectivity index (χ3n) is 2.97. The fourth-order valence-corrected chi connectivity index (χ4v) is 1.78. The van der Waals surface area contributed by atoms with Crippen molar-refractivity contribution in [3.63, 3.8) is 0 Å². The number of nitrogens with one attached hydrogen (secondary N) is 1. The molecule has 1 aromatic heterocycles. The van der Waals surface area contributed by atoms with Crippen molar-refractivity contribution in [1.82, 2.24) is 20.1 Å². The molecule has 1 N–H and O–H groups in total. The fourth-order valence-electron chi connectivity index (χ4n) is 1.78. The second kappa shape index (κ2) is 4.46. The molecule has 1 aliphatic carbocycles. The molecule has 7 nitrogen and oxygen atoms in total. The summed E-state index contributed by atoms with van der Waals surface area (Å²) in [6.45, 7) is 1.68. The Balaban J connectivity index is 1.96. The van der Waals surface area contributed by atoms with E-state index in [1.807, 2.05) is 0 Å². The Morgan fingerprint density at radius 1 is 1.67 bits per heavy atom. The minimum atomic E-state index is -0.810. The first-order valence-corrected chi connectivity index (χ1v) is 5.59. The summed E-state index contributed by atoms with van der Waals surface area (Å²) in [6, 6.07) is 3.93. The standard InChI is InChI=1S/C11H12N6O/c1-11(6-13,8-2-3-8)15-10(18)5-17-7-14-9(4-12)16-17/h7-8H,2-3,5H2,1H3,(H,15,18)/t11-/m0/s1. The second-order valence-electron chi connectivity index (χ2n) is 4.51. The van der Waals surface area contributed by atoms with Gasteiger partial charge in [0, 0.05) is 0 Å². The van der Waals surface area contributed by atoms with Gasteiger partial charge < -0.3 is 5.32 Å². The normalized spacial score (nSPS) is 17.3. The topological polar surface area (TPSA) is 107 Å². The zero-order valence-corrected chi connectivity index (χ0v) is 9.92. The van der Waals surface area contributed by atoms with E-state index in [9.17, 15) is 4.79 Å². The molecule has 92 valence electrons. The SMILES string of the molecule is C[C@@](C#N)(NC(=O)Cn1cnc(C#N)n1)C1CC1. The minimum Gasteiger partial charge on any atom is -0.336 e. The van der Waals surface area contributed by atoms with Gasteiger partial charge in [-0.3, -0.25) is 4.79 Å². The quantitative estimate of drug-likeness (QED) is 0.799. The lowest BCUT2D eigenvalue weighted by molar-refractivity contribution is -0.123. The highest BCUT2D eigenvalue weighted by molar-refractivity contribution is 5.77. The predicted octanol–water partition coefficient (Wildman–Crippen LogP) is -0.0417. The maximum Gasteiger partial charge on any atom is 0.252 e. The van der Waals surface area contributed by atoms with Crippen LogP contribution in [0.1, 0.15) is 25.6 Å². The Hall–Kier alpha value is -2.41. The summed E-state index contributed by atoms with van der Waals surface area (Å²) >= 11 is 0. The molecule has 0 spiro atoms. The summed E-state index contributed by atoms with van der Waals surface area (Å²) in [5.41, 5.74) is -0.810. The van der Waals surface area contributed by atoms with E-state index in [4.69, 9.17) is 10.5 Å². The van der Waals surface area contributed by atoms with Crippen LogP contribution in [-0.4, -0.2) is 26.2 Å². The first-order chi connectivity index (χ1) is 8.57. The Morgan fingerprint density at radius 3 is 2.89 bits per heavy atom. The van der Waals surface area contributed by atoms with Crippen molar-refractivity contribution in [3.05, 3.63) is 12.2 Å². The van der Waals surface area contributed by atoms with E-state index in [-0.39, 0.29) is 24.2 Å². The van der Waals surface area contributed by atoms with Crippen molar-refractivity contribution in [2.75, 3.05) is 0 Å². The van der Waals surface area contributed by atoms with Gasteiger partial charge in [-0.25, -0.2) is 9.67 Å². The van der Waals surface area contributed by atoms with Gasteiger partial charge in [0.1, 0.15) is 24.5 Å². The summed E-state index contributed by atoms with van der Waals surface area (Å²) in [7, 11) is 0. The number of nitrogens with zero attached hydrogens (tertiary/aromatic N) is 5. The van der Waals surface area contributed by atoms with E-state index in [2.05, 4.69) is 21.5 Å². The van der Waals surface area contributed by atoms with Crippen molar-refractivity contribution in [3.8, 4) is 12.1 Å². The molecular formula is C11H12N6O. The smallest absolute Gasteiger partial charge is 0.252 e. The first kappa shape index (κ1) is 12.1. The van der Waals surface area contributed by atoms with Crippen LogP contribution in [0.15, 0.2) is 6.33 Å². The van der Waals surface area contributed by atoms with Crippen molar-refractivity contribution in [1.29, 1.82) is 10.5 Å². The highest BCUT2D eigenvalue weighted by atomic mass is 16.2. The maximum absolute atomic E-state index is 11.8. The van der Waals surface area contributed by atoms with Gasteiger partial charge in [0.2, 0.25) is 5.91 Å². The van der Waals surface area contributed by atoms with E-state index in [0.717, 1.165) is 12.8 Å². The van der Waals surface area contributed by atoms with Gasteiger partial charge in [-0.05, 0) is 25.7 Å². The van der Waals surface area contributed by atoms with Gasteiger partial charge in [0.05, 0.1) is 6.07 Å². The number of nitriles is 2. The Kier molecular flexibility index (Phi) is 2.99. The van der Waals surface area contributed by atoms with E-state index < -0.39 is 5.54 Å². The Labute approximate surface area is 104 Å². The van der Waals surface area contributed by atoms with Crippen LogP contribution in [0.2, 0.25) is 0 Å². The Morgan fingerprint density at radius 2 is 2.39 bits per heavy atom. The molecule has 0 aliphatic heterocycles. The minimum absolute atomic E-state index is 0.0213. The first-order valence-electron chi connectivity index (χ1n) is 5.59. The predicted molar refractivity (Wildman–Crippen MR) is 59.6 cm³/mol. The zero-order valence-electron chi connectivity index (χ0n) is 9.92. The van der Waals surface area contributed by atoms with E-state index >= 15 is 0 Å². The number of rotatable bonds is 4. The molecule has 0 radical (unpaired) electrons. The van der Waals surface area contributed by atoms with Crippen LogP contribution >= 0.6 is 0 Å². The average Bonchev–Trinajstić information content (AvgIpc) is 3.11. The Bertz CT molecular complexity index is 547. The van der Waals surface area contributed by atoms with Crippen LogP contribution in [0, 0.1) is 28.6 Å². The molecule has 0 bridgehead atoms. The molecular weight excluding hydrogens is 232 g/mol. The molecule has 2 rings (SSSR count). The third-order valence-corrected chi connectivity index (χ3v) is 2.97. The lowest BCUT2D eigenvalue weighted by Gasteiger charge is -2.22. The fraction of sp³-hybridized carbons (Fsp3) is 0.545. The van der Waals surface area contributed by atoms with Gasteiger partial charge in [0.25, 0.3) is 5.82 Å². The summed E-state index contributed by atoms with van der Waals surface area (Å²) in [4.78, 5) is 15.5. The van der Waals surface area contributed by atoms with Gasteiger partial charge >= 0.3 is 0 Å². The van der Waals surface area contributed by atoms with Crippen molar-refractivity contribution < 1.29 is 4.79 Å². The van der Waals surface area contributed by atoms with Crippen LogP contribution < -0.4 is 5.32 Å². The molecule has 0 saturated heterocycles. The molecule has 1 amide bonds. The van der Waals surface area contributed by atoms with Gasteiger partial charge in [0.15, 0.2) is 0 Å². The van der Waals surface area contributed by atoms with Crippen LogP contribution in [0.3, 0.4) is 0 Å². The van der Waals surface area contributed by atoms with E-state index in [1.165, 1.54) is 11.0 Å². The third kappa shape index (κ3) is 2.46. The largest absolute Gasteiger partial charge is 0.336 e. The molecule has 1 aromatic rings. The molecule has 1 saturated carbocycles. The van der Waals surface area contributed by atoms with Crippen LogP contribution in [-0.2, 0) is 11.3 Å². The molecule has 18 heavy (non-hydrogen) atoms. The number of carbonyl (C=O) groups excluding carboxylic acids is 1. The van der Waals surface area contributed by atoms with Gasteiger partial charge in [-0.15, -0.1) is 5.10 Å². The number of amides is 1. The molecule has 0 aromatic carbocycles. The molecule has 1 heterocycles. The lowest BCUT2D eigenvalue weighted by atomic mass is 9.98. The van der Waals surface area contributed by atoms with Gasteiger partial charge in [-0.1, -0.05) is 0 Å². The highest BCUT2D eigenvalue weighted by Gasteiger charge is 2.42. The maximum atomic E-state index is 11.8. The number of carbonyl (C=O) groups is 1. The van der Waals surface area contributed by atoms with Crippen molar-refractivity contribution in [2.24, 2.45) is 5.92 Å². The molecule has 1 atom stereocenters. The lowest BCUT2D eigenvalue weighted by Crippen LogP contribution is -2.47. The van der Waals surface area contributed by atoms with E-state index in [1.54, 1.807) is 13.0 Å². The monoisotopic (exact) mass is 244 g/mol. The summed E-state index contributed by atoms with van der Waals surface area (Å²) in [5, 5.41) is 24.2. The number of hydrogen-bond acceptors (Lipinski definition) is 5.